The predicted octanol–water partition coefficient (Wildman–Crippen LogP) is 2.07. The standard InChI is InChI=1S/C9H15NS/c1-3-8-4-5-9(11-8)6-7-10-2/h4-5,10H,3,6-7H2,1-2H3. The van der Waals surface area contributed by atoms with Crippen LogP contribution >= 0.6 is 11.3 Å². The molecular weight excluding hydrogens is 154 g/mol. The summed E-state index contributed by atoms with van der Waals surface area (Å²) < 4.78 is 0. The maximum Gasteiger partial charge on any atom is 0.00608 e. The summed E-state index contributed by atoms with van der Waals surface area (Å²) in [6.07, 6.45) is 2.34. The number of aryl methyl sites for hydroxylation is 1. The average Bonchev–Trinajstić information content (AvgIpc) is 2.48. The summed E-state index contributed by atoms with van der Waals surface area (Å²) in [5, 5.41) is 3.15. The van der Waals surface area contributed by atoms with Gasteiger partial charge in [-0.3, -0.25) is 0 Å². The zero-order valence-electron chi connectivity index (χ0n) is 7.18. The van der Waals surface area contributed by atoms with Gasteiger partial charge < -0.3 is 5.32 Å². The molecule has 0 unspecified atom stereocenters. The van der Waals surface area contributed by atoms with E-state index in [1.807, 2.05) is 18.4 Å². The number of rotatable bonds is 4. The van der Waals surface area contributed by atoms with Gasteiger partial charge in [0.2, 0.25) is 0 Å². The van der Waals surface area contributed by atoms with E-state index in [1.54, 1.807) is 0 Å². The molecule has 0 aromatic carbocycles. The molecule has 0 bridgehead atoms. The van der Waals surface area contributed by atoms with Gasteiger partial charge in [-0.1, -0.05) is 6.92 Å². The van der Waals surface area contributed by atoms with E-state index in [9.17, 15) is 0 Å². The molecule has 0 atom stereocenters. The Bertz CT molecular complexity index is 205. The second kappa shape index (κ2) is 4.52. The van der Waals surface area contributed by atoms with Gasteiger partial charge in [-0.05, 0) is 38.6 Å². The molecule has 0 saturated heterocycles. The molecule has 62 valence electrons. The minimum Gasteiger partial charge on any atom is -0.319 e. The van der Waals surface area contributed by atoms with E-state index < -0.39 is 0 Å². The first-order valence-electron chi connectivity index (χ1n) is 4.09. The molecule has 2 heteroatoms. The van der Waals surface area contributed by atoms with Crippen molar-refractivity contribution in [1.29, 1.82) is 0 Å². The third-order valence-corrected chi connectivity index (χ3v) is 2.98. The largest absolute Gasteiger partial charge is 0.319 e. The molecule has 1 N–H and O–H groups in total. The van der Waals surface area contributed by atoms with Crippen LogP contribution in [-0.2, 0) is 12.8 Å². The lowest BCUT2D eigenvalue weighted by Crippen LogP contribution is -2.09. The first kappa shape index (κ1) is 8.75. The number of hydrogen-bond donors (Lipinski definition) is 1. The van der Waals surface area contributed by atoms with Crippen LogP contribution in [-0.4, -0.2) is 13.6 Å². The molecule has 0 aliphatic heterocycles. The summed E-state index contributed by atoms with van der Waals surface area (Å²) in [7, 11) is 1.99. The molecule has 0 spiro atoms. The number of likely N-dealkylation sites (N-methyl/N-ethyl adjacent to an activating group) is 1. The molecule has 0 amide bonds. The number of thiophene rings is 1. The Kier molecular flexibility index (Phi) is 3.60. The van der Waals surface area contributed by atoms with Crippen molar-refractivity contribution >= 4 is 11.3 Å². The zero-order chi connectivity index (χ0) is 8.10. The van der Waals surface area contributed by atoms with Gasteiger partial charge >= 0.3 is 0 Å². The lowest BCUT2D eigenvalue weighted by Gasteiger charge is -1.93. The highest BCUT2D eigenvalue weighted by Gasteiger charge is 1.96. The summed E-state index contributed by atoms with van der Waals surface area (Å²) in [4.78, 5) is 2.99. The van der Waals surface area contributed by atoms with Crippen molar-refractivity contribution in [2.24, 2.45) is 0 Å². The van der Waals surface area contributed by atoms with Crippen molar-refractivity contribution in [3.05, 3.63) is 21.9 Å². The van der Waals surface area contributed by atoms with Crippen LogP contribution < -0.4 is 5.32 Å². The average molecular weight is 169 g/mol. The van der Waals surface area contributed by atoms with Gasteiger partial charge in [0.1, 0.15) is 0 Å². The van der Waals surface area contributed by atoms with Crippen molar-refractivity contribution in [2.45, 2.75) is 19.8 Å². The molecule has 0 aliphatic rings. The van der Waals surface area contributed by atoms with Crippen molar-refractivity contribution in [3.8, 4) is 0 Å². The summed E-state index contributed by atoms with van der Waals surface area (Å²) in [6.45, 7) is 3.29. The van der Waals surface area contributed by atoms with Gasteiger partial charge in [0, 0.05) is 9.75 Å². The molecule has 1 aromatic rings. The highest BCUT2D eigenvalue weighted by Crippen LogP contribution is 2.16. The maximum atomic E-state index is 3.15. The second-order valence-corrected chi connectivity index (χ2v) is 3.83. The van der Waals surface area contributed by atoms with Gasteiger partial charge in [0.25, 0.3) is 0 Å². The van der Waals surface area contributed by atoms with Gasteiger partial charge in [-0.2, -0.15) is 0 Å². The van der Waals surface area contributed by atoms with Crippen molar-refractivity contribution in [1.82, 2.24) is 5.32 Å². The van der Waals surface area contributed by atoms with Crippen LogP contribution in [0.5, 0.6) is 0 Å². The van der Waals surface area contributed by atoms with Gasteiger partial charge in [-0.25, -0.2) is 0 Å². The third-order valence-electron chi connectivity index (χ3n) is 1.69. The molecule has 0 saturated carbocycles. The van der Waals surface area contributed by atoms with E-state index in [2.05, 4.69) is 24.4 Å². The van der Waals surface area contributed by atoms with Crippen LogP contribution in [0.15, 0.2) is 12.1 Å². The maximum absolute atomic E-state index is 3.15. The van der Waals surface area contributed by atoms with Crippen LogP contribution in [0.25, 0.3) is 0 Å². The Balaban J connectivity index is 2.44. The SMILES string of the molecule is CCc1ccc(CCNC)s1. The Morgan fingerprint density at radius 3 is 2.64 bits per heavy atom. The minimum atomic E-state index is 1.09. The van der Waals surface area contributed by atoms with Gasteiger partial charge in [0.05, 0.1) is 0 Å². The first-order valence-corrected chi connectivity index (χ1v) is 4.90. The fourth-order valence-electron chi connectivity index (χ4n) is 0.995. The molecule has 0 aliphatic carbocycles. The van der Waals surface area contributed by atoms with Crippen LogP contribution in [0.2, 0.25) is 0 Å². The molecule has 0 fully saturated rings. The van der Waals surface area contributed by atoms with E-state index in [0.717, 1.165) is 6.54 Å². The molecule has 11 heavy (non-hydrogen) atoms. The fraction of sp³-hybridized carbons (Fsp3) is 0.556. The topological polar surface area (TPSA) is 12.0 Å². The number of nitrogens with one attached hydrogen (secondary N) is 1. The normalized spacial score (nSPS) is 10.4. The van der Waals surface area contributed by atoms with Crippen molar-refractivity contribution in [2.75, 3.05) is 13.6 Å². The van der Waals surface area contributed by atoms with E-state index in [1.165, 1.54) is 22.6 Å². The van der Waals surface area contributed by atoms with Crippen LogP contribution in [0.4, 0.5) is 0 Å². The molecule has 1 rings (SSSR count). The zero-order valence-corrected chi connectivity index (χ0v) is 8.00. The Morgan fingerprint density at radius 1 is 1.36 bits per heavy atom. The third kappa shape index (κ3) is 2.64. The molecule has 0 radical (unpaired) electrons. The molecule has 1 heterocycles. The summed E-state index contributed by atoms with van der Waals surface area (Å²) in [6, 6.07) is 4.47. The lowest BCUT2D eigenvalue weighted by atomic mass is 10.3. The lowest BCUT2D eigenvalue weighted by molar-refractivity contribution is 0.799. The van der Waals surface area contributed by atoms with Crippen molar-refractivity contribution in [3.63, 3.8) is 0 Å². The Hall–Kier alpha value is -0.340. The second-order valence-electron chi connectivity index (χ2n) is 2.58. The van der Waals surface area contributed by atoms with E-state index >= 15 is 0 Å². The Labute approximate surface area is 72.4 Å². The van der Waals surface area contributed by atoms with Crippen LogP contribution in [0, 0.1) is 0 Å². The quantitative estimate of drug-likeness (QED) is 0.727. The molecule has 1 aromatic heterocycles. The molecular formula is C9H15NS. The summed E-state index contributed by atoms with van der Waals surface area (Å²) >= 11 is 1.93. The monoisotopic (exact) mass is 169 g/mol. The fourth-order valence-corrected chi connectivity index (χ4v) is 1.95. The van der Waals surface area contributed by atoms with Crippen molar-refractivity contribution < 1.29 is 0 Å². The molecule has 1 nitrogen and oxygen atoms in total. The van der Waals surface area contributed by atoms with Crippen LogP contribution in [0.1, 0.15) is 16.7 Å². The van der Waals surface area contributed by atoms with E-state index in [0.29, 0.717) is 0 Å². The highest BCUT2D eigenvalue weighted by molar-refractivity contribution is 7.11. The van der Waals surface area contributed by atoms with Crippen LogP contribution in [0.3, 0.4) is 0 Å². The smallest absolute Gasteiger partial charge is 0.00608 e. The summed E-state index contributed by atoms with van der Waals surface area (Å²) in [5.41, 5.74) is 0. The van der Waals surface area contributed by atoms with Gasteiger partial charge in [0.15, 0.2) is 0 Å². The van der Waals surface area contributed by atoms with E-state index in [4.69, 9.17) is 0 Å². The minimum absolute atomic E-state index is 1.09. The first-order chi connectivity index (χ1) is 5.36. The Morgan fingerprint density at radius 2 is 2.09 bits per heavy atom. The highest BCUT2D eigenvalue weighted by atomic mass is 32.1. The summed E-state index contributed by atoms with van der Waals surface area (Å²) in [5.74, 6) is 0. The van der Waals surface area contributed by atoms with E-state index in [-0.39, 0.29) is 0 Å². The number of hydrogen-bond acceptors (Lipinski definition) is 2. The van der Waals surface area contributed by atoms with Gasteiger partial charge in [-0.15, -0.1) is 11.3 Å². The predicted molar refractivity (Wildman–Crippen MR) is 51.3 cm³/mol.